The highest BCUT2D eigenvalue weighted by molar-refractivity contribution is 6.42. The lowest BCUT2D eigenvalue weighted by molar-refractivity contribution is 0.942. The van der Waals surface area contributed by atoms with Crippen LogP contribution in [0.5, 0.6) is 0 Å². The Morgan fingerprint density at radius 3 is 2.48 bits per heavy atom. The lowest BCUT2D eigenvalue weighted by Crippen LogP contribution is -2.38. The molecule has 0 spiro atoms. The zero-order chi connectivity index (χ0) is 16.2. The van der Waals surface area contributed by atoms with E-state index in [2.05, 4.69) is 20.8 Å². The highest BCUT2D eigenvalue weighted by atomic mass is 35.5. The fourth-order valence-corrected chi connectivity index (χ4v) is 2.42. The Hall–Kier alpha value is -2.24. The van der Waals surface area contributed by atoms with Crippen LogP contribution in [0.2, 0.25) is 10.0 Å². The molecule has 2 N–H and O–H groups in total. The summed E-state index contributed by atoms with van der Waals surface area (Å²) in [7, 11) is 0. The number of amidine groups is 1. The molecule has 0 aromatic heterocycles. The van der Waals surface area contributed by atoms with E-state index in [4.69, 9.17) is 23.2 Å². The summed E-state index contributed by atoms with van der Waals surface area (Å²) in [6.45, 7) is 2.37. The molecule has 118 valence electrons. The molecule has 2 aromatic carbocycles. The topological polar surface area (TPSA) is 52.0 Å². The van der Waals surface area contributed by atoms with Crippen molar-refractivity contribution in [1.29, 1.82) is 0 Å². The van der Waals surface area contributed by atoms with E-state index in [0.29, 0.717) is 22.7 Å². The van der Waals surface area contributed by atoms with Crippen molar-refractivity contribution in [1.82, 2.24) is 5.43 Å². The van der Waals surface area contributed by atoms with E-state index in [-0.39, 0.29) is 0 Å². The van der Waals surface area contributed by atoms with Crippen molar-refractivity contribution >= 4 is 46.4 Å². The van der Waals surface area contributed by atoms with Gasteiger partial charge in [0.25, 0.3) is 0 Å². The number of hydrogen-bond donors (Lipinski definition) is 2. The highest BCUT2D eigenvalue weighted by Gasteiger charge is 2.16. The normalized spacial score (nSPS) is 14.1. The van der Waals surface area contributed by atoms with Gasteiger partial charge in [-0.05, 0) is 37.3 Å². The third-order valence-corrected chi connectivity index (χ3v) is 4.07. The van der Waals surface area contributed by atoms with Crippen LogP contribution in [0.15, 0.2) is 58.5 Å². The first-order valence-corrected chi connectivity index (χ1v) is 7.78. The highest BCUT2D eigenvalue weighted by Crippen LogP contribution is 2.27. The summed E-state index contributed by atoms with van der Waals surface area (Å²) in [6, 6.07) is 15.2. The lowest BCUT2D eigenvalue weighted by Gasteiger charge is -2.26. The van der Waals surface area contributed by atoms with Crippen molar-refractivity contribution in [3.63, 3.8) is 0 Å². The lowest BCUT2D eigenvalue weighted by atomic mass is 10.3. The minimum absolute atomic E-state index is 0.450. The predicted molar refractivity (Wildman–Crippen MR) is 97.6 cm³/mol. The van der Waals surface area contributed by atoms with E-state index < -0.39 is 0 Å². The van der Waals surface area contributed by atoms with Crippen molar-refractivity contribution in [3.8, 4) is 0 Å². The Bertz CT molecular complexity index is 758. The minimum Gasteiger partial charge on any atom is -0.310 e. The summed E-state index contributed by atoms with van der Waals surface area (Å²) >= 11 is 12.0. The first kappa shape index (κ1) is 15.6. The smallest absolute Gasteiger partial charge is 0.240 e. The zero-order valence-electron chi connectivity index (χ0n) is 12.4. The average molecular weight is 348 g/mol. The summed E-state index contributed by atoms with van der Waals surface area (Å²) in [4.78, 5) is 10.8. The van der Waals surface area contributed by atoms with E-state index in [1.165, 1.54) is 0 Å². The molecule has 0 atom stereocenters. The molecule has 0 amide bonds. The van der Waals surface area contributed by atoms with Gasteiger partial charge in [-0.15, -0.1) is 0 Å². The SMILES string of the molecule is CC1=NC(NNc2ccccc2)=NCN1c1ccc(Cl)c(Cl)c1. The fraction of sp³-hybridized carbons (Fsp3) is 0.125. The molecule has 0 fully saturated rings. The van der Waals surface area contributed by atoms with Gasteiger partial charge in [-0.1, -0.05) is 41.4 Å². The van der Waals surface area contributed by atoms with Crippen LogP contribution in [0.3, 0.4) is 0 Å². The number of hydrazine groups is 1. The fourth-order valence-electron chi connectivity index (χ4n) is 2.13. The van der Waals surface area contributed by atoms with Crippen molar-refractivity contribution in [2.45, 2.75) is 6.92 Å². The molecule has 0 radical (unpaired) electrons. The monoisotopic (exact) mass is 347 g/mol. The Balaban J connectivity index is 1.67. The van der Waals surface area contributed by atoms with E-state index in [9.17, 15) is 0 Å². The maximum atomic E-state index is 6.07. The molecule has 7 heteroatoms. The van der Waals surface area contributed by atoms with Gasteiger partial charge >= 0.3 is 0 Å². The molecule has 0 aliphatic carbocycles. The number of rotatable bonds is 3. The largest absolute Gasteiger partial charge is 0.310 e. The third kappa shape index (κ3) is 3.75. The van der Waals surface area contributed by atoms with E-state index in [1.807, 2.05) is 48.2 Å². The second-order valence-corrected chi connectivity index (χ2v) is 5.74. The number of halogens is 2. The summed E-state index contributed by atoms with van der Waals surface area (Å²) in [5.74, 6) is 1.35. The quantitative estimate of drug-likeness (QED) is 0.819. The van der Waals surface area contributed by atoms with Gasteiger partial charge in [0.2, 0.25) is 5.96 Å². The molecule has 5 nitrogen and oxygen atoms in total. The molecule has 0 saturated heterocycles. The van der Waals surface area contributed by atoms with Crippen LogP contribution >= 0.6 is 23.2 Å². The molecule has 0 saturated carbocycles. The molecule has 23 heavy (non-hydrogen) atoms. The second kappa shape index (κ2) is 6.89. The van der Waals surface area contributed by atoms with Gasteiger partial charge in [0.15, 0.2) is 0 Å². The minimum atomic E-state index is 0.450. The summed E-state index contributed by atoms with van der Waals surface area (Å²) in [5.41, 5.74) is 7.90. The van der Waals surface area contributed by atoms with Crippen molar-refractivity contribution in [2.24, 2.45) is 9.98 Å². The van der Waals surface area contributed by atoms with Gasteiger partial charge in [0.1, 0.15) is 12.5 Å². The van der Waals surface area contributed by atoms with Gasteiger partial charge in [0.05, 0.1) is 15.7 Å². The maximum absolute atomic E-state index is 6.07. The summed E-state index contributed by atoms with van der Waals surface area (Å²) < 4.78 is 0. The first-order valence-electron chi connectivity index (χ1n) is 7.03. The molecule has 2 aromatic rings. The van der Waals surface area contributed by atoms with Gasteiger partial charge < -0.3 is 4.90 Å². The Kier molecular flexibility index (Phi) is 4.69. The number of anilines is 2. The van der Waals surface area contributed by atoms with Gasteiger partial charge in [-0.3, -0.25) is 10.9 Å². The zero-order valence-corrected chi connectivity index (χ0v) is 13.9. The second-order valence-electron chi connectivity index (χ2n) is 4.92. The molecule has 3 rings (SSSR count). The van der Waals surface area contributed by atoms with Gasteiger partial charge in [0, 0.05) is 5.69 Å². The number of nitrogens with one attached hydrogen (secondary N) is 2. The maximum Gasteiger partial charge on any atom is 0.240 e. The summed E-state index contributed by atoms with van der Waals surface area (Å²) in [6.07, 6.45) is 0. The standard InChI is InChI=1S/C16H15Cl2N5/c1-11-20-16(22-21-12-5-3-2-4-6-12)19-10-23(11)13-7-8-14(17)15(18)9-13/h2-9,21H,10H2,1H3,(H,19,22). The van der Waals surface area contributed by atoms with Crippen LogP contribution in [0.4, 0.5) is 11.4 Å². The van der Waals surface area contributed by atoms with Crippen LogP contribution in [0.1, 0.15) is 6.92 Å². The summed E-state index contributed by atoms with van der Waals surface area (Å²) in [5, 5.41) is 1.04. The first-order chi connectivity index (χ1) is 11.1. The number of aliphatic imine (C=N–C) groups is 2. The van der Waals surface area contributed by atoms with Crippen LogP contribution < -0.4 is 15.8 Å². The number of para-hydroxylation sites is 1. The number of benzene rings is 2. The molecule has 1 heterocycles. The Labute approximate surface area is 144 Å². The average Bonchev–Trinajstić information content (AvgIpc) is 2.57. The van der Waals surface area contributed by atoms with E-state index in [0.717, 1.165) is 17.2 Å². The Morgan fingerprint density at radius 1 is 1.00 bits per heavy atom. The van der Waals surface area contributed by atoms with Crippen molar-refractivity contribution < 1.29 is 0 Å². The molecule has 1 aliphatic heterocycles. The van der Waals surface area contributed by atoms with Gasteiger partial charge in [-0.2, -0.15) is 4.99 Å². The van der Waals surface area contributed by atoms with E-state index >= 15 is 0 Å². The molecule has 1 aliphatic rings. The van der Waals surface area contributed by atoms with E-state index in [1.54, 1.807) is 12.1 Å². The van der Waals surface area contributed by atoms with Crippen LogP contribution in [0, 0.1) is 0 Å². The molecular formula is C16H15Cl2N5. The molecule has 0 bridgehead atoms. The molecular weight excluding hydrogens is 333 g/mol. The van der Waals surface area contributed by atoms with Crippen LogP contribution in [-0.2, 0) is 0 Å². The van der Waals surface area contributed by atoms with Gasteiger partial charge in [-0.25, -0.2) is 4.99 Å². The number of guanidine groups is 1. The van der Waals surface area contributed by atoms with Crippen LogP contribution in [0.25, 0.3) is 0 Å². The van der Waals surface area contributed by atoms with Crippen LogP contribution in [-0.4, -0.2) is 18.5 Å². The molecule has 0 unspecified atom stereocenters. The predicted octanol–water partition coefficient (Wildman–Crippen LogP) is 4.16. The van der Waals surface area contributed by atoms with Crippen molar-refractivity contribution in [2.75, 3.05) is 17.0 Å². The Morgan fingerprint density at radius 2 is 1.78 bits per heavy atom. The number of hydrogen-bond acceptors (Lipinski definition) is 5. The number of nitrogens with zero attached hydrogens (tertiary/aromatic N) is 3. The van der Waals surface area contributed by atoms with Crippen molar-refractivity contribution in [3.05, 3.63) is 58.6 Å². The third-order valence-electron chi connectivity index (χ3n) is 3.33.